The highest BCUT2D eigenvalue weighted by atomic mass is 16.5. The van der Waals surface area contributed by atoms with Crippen molar-refractivity contribution in [2.45, 2.75) is 77.0 Å². The second-order valence-electron chi connectivity index (χ2n) is 9.70. The van der Waals surface area contributed by atoms with E-state index in [4.69, 9.17) is 9.47 Å². The molecule has 0 aliphatic heterocycles. The van der Waals surface area contributed by atoms with Gasteiger partial charge in [-0.3, -0.25) is 19.1 Å². The predicted molar refractivity (Wildman–Crippen MR) is 136 cm³/mol. The highest BCUT2D eigenvalue weighted by molar-refractivity contribution is 6.05. The minimum absolute atomic E-state index is 0.128. The van der Waals surface area contributed by atoms with E-state index in [9.17, 15) is 14.4 Å². The van der Waals surface area contributed by atoms with E-state index < -0.39 is 17.2 Å². The van der Waals surface area contributed by atoms with Gasteiger partial charge in [-0.2, -0.15) is 0 Å². The van der Waals surface area contributed by atoms with Gasteiger partial charge in [0.2, 0.25) is 0 Å². The number of nitrogens with zero attached hydrogens (tertiary/aromatic N) is 2. The summed E-state index contributed by atoms with van der Waals surface area (Å²) in [6, 6.07) is 7.00. The third kappa shape index (κ3) is 4.62. The van der Waals surface area contributed by atoms with Crippen LogP contribution in [0.1, 0.15) is 85.9 Å². The van der Waals surface area contributed by atoms with Crippen LogP contribution in [-0.2, 0) is 6.54 Å². The molecule has 9 heteroatoms. The Hall–Kier alpha value is -3.62. The lowest BCUT2D eigenvalue weighted by molar-refractivity contribution is 0.0941. The summed E-state index contributed by atoms with van der Waals surface area (Å²) in [7, 11) is 1.60. The van der Waals surface area contributed by atoms with Gasteiger partial charge in [0.05, 0.1) is 30.2 Å². The number of H-pyrrole nitrogens is 1. The quantitative estimate of drug-likeness (QED) is 0.494. The molecular formula is C27H32N4O5. The summed E-state index contributed by atoms with van der Waals surface area (Å²) in [5.74, 6) is 1.17. The van der Waals surface area contributed by atoms with Crippen LogP contribution in [0.5, 0.6) is 11.5 Å². The summed E-state index contributed by atoms with van der Waals surface area (Å²) in [4.78, 5) is 45.6. The van der Waals surface area contributed by atoms with E-state index >= 15 is 0 Å². The molecule has 1 amide bonds. The molecule has 1 unspecified atom stereocenters. The maximum atomic E-state index is 13.5. The summed E-state index contributed by atoms with van der Waals surface area (Å²) in [6.45, 7) is 4.02. The zero-order chi connectivity index (χ0) is 25.4. The number of methoxy groups -OCH3 is 1. The molecule has 3 aromatic rings. The summed E-state index contributed by atoms with van der Waals surface area (Å²) < 4.78 is 13.1. The molecule has 2 N–H and O–H groups in total. The Balaban J connectivity index is 1.46. The van der Waals surface area contributed by atoms with Crippen LogP contribution in [0.25, 0.3) is 11.0 Å². The Morgan fingerprint density at radius 3 is 2.58 bits per heavy atom. The average molecular weight is 493 g/mol. The SMILES string of the molecule is CCn1c(=O)[nH]c(=O)c2c(C(=O)NC(C)c3ccc(OC4CCCC4)c(OC)c3)cc(C3CC3)nc21. The van der Waals surface area contributed by atoms with E-state index in [-0.39, 0.29) is 34.7 Å². The second-order valence-corrected chi connectivity index (χ2v) is 9.70. The number of amides is 1. The molecule has 0 saturated heterocycles. The number of hydrogen-bond acceptors (Lipinski definition) is 6. The van der Waals surface area contributed by atoms with Crippen molar-refractivity contribution in [1.29, 1.82) is 0 Å². The molecule has 1 atom stereocenters. The lowest BCUT2D eigenvalue weighted by Crippen LogP contribution is -2.33. The van der Waals surface area contributed by atoms with Gasteiger partial charge in [-0.15, -0.1) is 0 Å². The van der Waals surface area contributed by atoms with Crippen LogP contribution in [0.15, 0.2) is 33.9 Å². The van der Waals surface area contributed by atoms with E-state index in [0.29, 0.717) is 18.0 Å². The summed E-state index contributed by atoms with van der Waals surface area (Å²) >= 11 is 0. The van der Waals surface area contributed by atoms with Crippen molar-refractivity contribution in [3.05, 3.63) is 61.9 Å². The van der Waals surface area contributed by atoms with E-state index in [1.54, 1.807) is 20.1 Å². The number of aromatic amines is 1. The third-order valence-electron chi connectivity index (χ3n) is 7.16. The smallest absolute Gasteiger partial charge is 0.329 e. The first-order valence-corrected chi connectivity index (χ1v) is 12.7. The average Bonchev–Trinajstić information content (AvgIpc) is 3.60. The number of aryl methyl sites for hydroxylation is 1. The van der Waals surface area contributed by atoms with Gasteiger partial charge in [0, 0.05) is 18.2 Å². The van der Waals surface area contributed by atoms with Crippen molar-refractivity contribution in [3.63, 3.8) is 0 Å². The molecule has 2 heterocycles. The molecule has 2 saturated carbocycles. The van der Waals surface area contributed by atoms with Crippen LogP contribution < -0.4 is 26.0 Å². The Morgan fingerprint density at radius 2 is 1.92 bits per heavy atom. The molecule has 5 rings (SSSR count). The van der Waals surface area contributed by atoms with Gasteiger partial charge in [-0.25, -0.2) is 9.78 Å². The largest absolute Gasteiger partial charge is 0.493 e. The highest BCUT2D eigenvalue weighted by Gasteiger charge is 2.29. The first-order chi connectivity index (χ1) is 17.4. The van der Waals surface area contributed by atoms with Crippen LogP contribution in [0.4, 0.5) is 0 Å². The number of nitrogens with one attached hydrogen (secondary N) is 2. The van der Waals surface area contributed by atoms with Crippen molar-refractivity contribution in [1.82, 2.24) is 19.9 Å². The topological polar surface area (TPSA) is 115 Å². The third-order valence-corrected chi connectivity index (χ3v) is 7.16. The number of pyridine rings is 1. The highest BCUT2D eigenvalue weighted by Crippen LogP contribution is 2.40. The first-order valence-electron chi connectivity index (χ1n) is 12.7. The number of benzene rings is 1. The molecular weight excluding hydrogens is 460 g/mol. The Labute approximate surface area is 208 Å². The van der Waals surface area contributed by atoms with Gasteiger partial charge >= 0.3 is 5.69 Å². The predicted octanol–water partition coefficient (Wildman–Crippen LogP) is 3.80. The molecule has 36 heavy (non-hydrogen) atoms. The summed E-state index contributed by atoms with van der Waals surface area (Å²) in [5, 5.41) is 3.14. The standard InChI is InChI=1S/C27H32N4O5/c1-4-31-24-23(26(33)30-27(31)34)19(14-20(29-24)16-9-10-16)25(32)28-15(2)17-11-12-21(22(13-17)35-3)36-18-7-5-6-8-18/h11-16,18H,4-10H2,1-3H3,(H,28,32)(H,30,33,34). The van der Waals surface area contributed by atoms with Crippen molar-refractivity contribution >= 4 is 16.9 Å². The van der Waals surface area contributed by atoms with Crippen LogP contribution in [0.3, 0.4) is 0 Å². The van der Waals surface area contributed by atoms with Crippen LogP contribution in [0, 0.1) is 0 Å². The molecule has 9 nitrogen and oxygen atoms in total. The monoisotopic (exact) mass is 492 g/mol. The van der Waals surface area contributed by atoms with Crippen molar-refractivity contribution in [3.8, 4) is 11.5 Å². The summed E-state index contributed by atoms with van der Waals surface area (Å²) in [6.07, 6.45) is 6.61. The fourth-order valence-electron chi connectivity index (χ4n) is 4.95. The number of ether oxygens (including phenoxy) is 2. The van der Waals surface area contributed by atoms with E-state index in [1.807, 2.05) is 25.1 Å². The number of fused-ring (bicyclic) bond motifs is 1. The van der Waals surface area contributed by atoms with Gasteiger partial charge in [0.25, 0.3) is 11.5 Å². The van der Waals surface area contributed by atoms with Crippen LogP contribution >= 0.6 is 0 Å². The fraction of sp³-hybridized carbons (Fsp3) is 0.481. The number of hydrogen-bond donors (Lipinski definition) is 2. The molecule has 2 aromatic heterocycles. The lowest BCUT2D eigenvalue weighted by atomic mass is 10.0. The van der Waals surface area contributed by atoms with Gasteiger partial charge in [-0.05, 0) is 76.1 Å². The number of rotatable bonds is 8. The normalized spacial score (nSPS) is 16.8. The fourth-order valence-corrected chi connectivity index (χ4v) is 4.95. The first kappa shape index (κ1) is 24.1. The molecule has 2 aliphatic rings. The molecule has 1 aromatic carbocycles. The van der Waals surface area contributed by atoms with E-state index in [1.165, 1.54) is 17.4 Å². The molecule has 2 aliphatic carbocycles. The Bertz CT molecular complexity index is 1420. The van der Waals surface area contributed by atoms with Gasteiger partial charge in [0.15, 0.2) is 17.1 Å². The molecule has 0 bridgehead atoms. The second kappa shape index (κ2) is 9.79. The van der Waals surface area contributed by atoms with E-state index in [2.05, 4.69) is 15.3 Å². The van der Waals surface area contributed by atoms with Crippen LogP contribution in [0.2, 0.25) is 0 Å². The number of aromatic nitrogens is 3. The molecule has 2 fully saturated rings. The zero-order valence-electron chi connectivity index (χ0n) is 20.9. The molecule has 0 radical (unpaired) electrons. The Morgan fingerprint density at radius 1 is 1.17 bits per heavy atom. The maximum Gasteiger partial charge on any atom is 0.329 e. The minimum atomic E-state index is -0.609. The zero-order valence-corrected chi connectivity index (χ0v) is 20.9. The van der Waals surface area contributed by atoms with Gasteiger partial charge < -0.3 is 14.8 Å². The van der Waals surface area contributed by atoms with Gasteiger partial charge in [-0.1, -0.05) is 6.07 Å². The van der Waals surface area contributed by atoms with Crippen molar-refractivity contribution in [2.24, 2.45) is 0 Å². The number of carbonyl (C=O) groups is 1. The van der Waals surface area contributed by atoms with Gasteiger partial charge in [0.1, 0.15) is 0 Å². The van der Waals surface area contributed by atoms with Crippen molar-refractivity contribution < 1.29 is 14.3 Å². The molecule has 190 valence electrons. The van der Waals surface area contributed by atoms with Crippen molar-refractivity contribution in [2.75, 3.05) is 7.11 Å². The summed E-state index contributed by atoms with van der Waals surface area (Å²) in [5.41, 5.74) is 0.931. The van der Waals surface area contributed by atoms with E-state index in [0.717, 1.165) is 36.9 Å². The lowest BCUT2D eigenvalue weighted by Gasteiger charge is -2.20. The maximum absolute atomic E-state index is 13.5. The minimum Gasteiger partial charge on any atom is -0.493 e. The number of carbonyl (C=O) groups excluding carboxylic acids is 1. The Kier molecular flexibility index (Phi) is 6.55. The van der Waals surface area contributed by atoms with Crippen LogP contribution in [-0.4, -0.2) is 33.7 Å². The molecule has 0 spiro atoms.